The molecule has 0 unspecified atom stereocenters. The summed E-state index contributed by atoms with van der Waals surface area (Å²) in [5.41, 5.74) is 0.749. The quantitative estimate of drug-likeness (QED) is 0.524. The molecule has 1 aromatic rings. The Labute approximate surface area is 170 Å². The minimum Gasteiger partial charge on any atom is -0.352 e. The average Bonchev–Trinajstić information content (AvgIpc) is 2.48. The van der Waals surface area contributed by atoms with E-state index in [0.29, 0.717) is 17.9 Å². The van der Waals surface area contributed by atoms with Gasteiger partial charge in [0.25, 0.3) is 5.91 Å². The Morgan fingerprint density at radius 3 is 2.67 bits per heavy atom. The zero-order chi connectivity index (χ0) is 19.7. The molecule has 150 valence electrons. The third-order valence-corrected chi connectivity index (χ3v) is 6.32. The zero-order valence-electron chi connectivity index (χ0n) is 16.3. The standard InChI is InChI=1S/C20H29ClFN3OS/c1-19(2,3)27-24-4-5-25-12-20(13-25)9-14(10-20)11-23-18(26)15-6-16(21)8-17(22)7-15/h6-8,14,24H,4-5,9-13H2,1-3H3,(H,23,26). The van der Waals surface area contributed by atoms with Crippen LogP contribution in [0, 0.1) is 17.2 Å². The van der Waals surface area contributed by atoms with E-state index in [-0.39, 0.29) is 21.2 Å². The average molecular weight is 414 g/mol. The molecule has 4 nitrogen and oxygen atoms in total. The molecule has 27 heavy (non-hydrogen) atoms. The summed E-state index contributed by atoms with van der Waals surface area (Å²) in [4.78, 5) is 14.7. The first-order valence-electron chi connectivity index (χ1n) is 9.52. The molecular formula is C20H29ClFN3OS. The Kier molecular flexibility index (Phi) is 6.41. The van der Waals surface area contributed by atoms with Crippen molar-refractivity contribution in [3.8, 4) is 0 Å². The monoisotopic (exact) mass is 413 g/mol. The van der Waals surface area contributed by atoms with E-state index in [1.54, 1.807) is 11.9 Å². The molecule has 2 aliphatic rings. The number of halogens is 2. The van der Waals surface area contributed by atoms with Crippen LogP contribution in [0.1, 0.15) is 44.0 Å². The predicted molar refractivity (Wildman–Crippen MR) is 111 cm³/mol. The van der Waals surface area contributed by atoms with Crippen molar-refractivity contribution in [2.75, 3.05) is 32.7 Å². The third kappa shape index (κ3) is 5.83. The topological polar surface area (TPSA) is 44.4 Å². The summed E-state index contributed by atoms with van der Waals surface area (Å²) in [6, 6.07) is 3.92. The van der Waals surface area contributed by atoms with Gasteiger partial charge in [0.1, 0.15) is 5.82 Å². The second-order valence-corrected chi connectivity index (χ2v) is 11.1. The Morgan fingerprint density at radius 2 is 2.04 bits per heavy atom. The smallest absolute Gasteiger partial charge is 0.251 e. The predicted octanol–water partition coefficient (Wildman–Crippen LogP) is 3.96. The van der Waals surface area contributed by atoms with Crippen LogP contribution in [0.15, 0.2) is 18.2 Å². The fraction of sp³-hybridized carbons (Fsp3) is 0.650. The van der Waals surface area contributed by atoms with Crippen molar-refractivity contribution in [2.45, 2.75) is 38.4 Å². The number of amides is 1. The van der Waals surface area contributed by atoms with Crippen LogP contribution in [0.5, 0.6) is 0 Å². The van der Waals surface area contributed by atoms with E-state index < -0.39 is 5.82 Å². The van der Waals surface area contributed by atoms with Crippen LogP contribution in [0.25, 0.3) is 0 Å². The van der Waals surface area contributed by atoms with Crippen molar-refractivity contribution in [1.82, 2.24) is 14.9 Å². The van der Waals surface area contributed by atoms with Gasteiger partial charge in [0.2, 0.25) is 0 Å². The van der Waals surface area contributed by atoms with E-state index in [9.17, 15) is 9.18 Å². The zero-order valence-corrected chi connectivity index (χ0v) is 17.9. The molecule has 1 aromatic carbocycles. The van der Waals surface area contributed by atoms with E-state index >= 15 is 0 Å². The number of rotatable bonds is 7. The van der Waals surface area contributed by atoms with Gasteiger partial charge in [-0.15, -0.1) is 0 Å². The minimum absolute atomic E-state index is 0.243. The molecule has 1 saturated carbocycles. The van der Waals surface area contributed by atoms with Gasteiger partial charge >= 0.3 is 0 Å². The van der Waals surface area contributed by atoms with E-state index in [1.807, 2.05) is 0 Å². The van der Waals surface area contributed by atoms with Gasteiger partial charge in [0.05, 0.1) is 0 Å². The number of carbonyl (C=O) groups excluding carboxylic acids is 1. The van der Waals surface area contributed by atoms with Gasteiger partial charge in [0, 0.05) is 48.1 Å². The molecule has 7 heteroatoms. The molecule has 1 heterocycles. The molecule has 1 spiro atoms. The molecule has 1 aliphatic heterocycles. The highest BCUT2D eigenvalue weighted by Gasteiger charge is 2.51. The molecule has 1 saturated heterocycles. The summed E-state index contributed by atoms with van der Waals surface area (Å²) in [6.45, 7) is 11.7. The van der Waals surface area contributed by atoms with Gasteiger partial charge < -0.3 is 10.2 Å². The van der Waals surface area contributed by atoms with Crippen LogP contribution in [-0.4, -0.2) is 48.3 Å². The normalized spacial score (nSPS) is 19.6. The molecule has 3 rings (SSSR count). The Hall–Kier alpha value is -0.820. The molecule has 1 aliphatic carbocycles. The number of hydrogen-bond donors (Lipinski definition) is 2. The van der Waals surface area contributed by atoms with Gasteiger partial charge in [-0.2, -0.15) is 0 Å². The second-order valence-electron chi connectivity index (χ2n) is 8.96. The summed E-state index contributed by atoms with van der Waals surface area (Å²) < 4.78 is 17.0. The van der Waals surface area contributed by atoms with Gasteiger partial charge in [-0.25, -0.2) is 4.39 Å². The highest BCUT2D eigenvalue weighted by atomic mass is 35.5. The van der Waals surface area contributed by atoms with Crippen molar-refractivity contribution in [2.24, 2.45) is 11.3 Å². The molecule has 0 aromatic heterocycles. The first-order chi connectivity index (χ1) is 12.6. The molecule has 0 atom stereocenters. The van der Waals surface area contributed by atoms with Crippen molar-refractivity contribution < 1.29 is 9.18 Å². The lowest BCUT2D eigenvalue weighted by Crippen LogP contribution is -2.63. The number of benzene rings is 1. The van der Waals surface area contributed by atoms with Gasteiger partial charge in [0.15, 0.2) is 0 Å². The van der Waals surface area contributed by atoms with Crippen LogP contribution in [0.4, 0.5) is 4.39 Å². The van der Waals surface area contributed by atoms with Crippen LogP contribution in [0.2, 0.25) is 5.02 Å². The van der Waals surface area contributed by atoms with Crippen LogP contribution in [0.3, 0.4) is 0 Å². The van der Waals surface area contributed by atoms with Crippen molar-refractivity contribution in [1.29, 1.82) is 0 Å². The Balaban J connectivity index is 1.30. The number of likely N-dealkylation sites (tertiary alicyclic amines) is 1. The van der Waals surface area contributed by atoms with E-state index in [4.69, 9.17) is 11.6 Å². The van der Waals surface area contributed by atoms with E-state index in [0.717, 1.165) is 25.9 Å². The lowest BCUT2D eigenvalue weighted by atomic mass is 9.57. The van der Waals surface area contributed by atoms with Crippen molar-refractivity contribution >= 4 is 29.5 Å². The van der Waals surface area contributed by atoms with Crippen LogP contribution >= 0.6 is 23.5 Å². The summed E-state index contributed by atoms with van der Waals surface area (Å²) in [7, 11) is 0. The van der Waals surface area contributed by atoms with E-state index in [2.05, 4.69) is 35.7 Å². The lowest BCUT2D eigenvalue weighted by Gasteiger charge is -2.59. The van der Waals surface area contributed by atoms with Crippen molar-refractivity contribution in [3.05, 3.63) is 34.6 Å². The lowest BCUT2D eigenvalue weighted by molar-refractivity contribution is -0.0912. The highest BCUT2D eigenvalue weighted by Crippen LogP contribution is 2.51. The molecule has 2 fully saturated rings. The minimum atomic E-state index is -0.486. The third-order valence-electron chi connectivity index (χ3n) is 5.15. The molecule has 0 bridgehead atoms. The maximum absolute atomic E-state index is 13.4. The number of nitrogens with zero attached hydrogens (tertiary/aromatic N) is 1. The fourth-order valence-corrected chi connectivity index (χ4v) is 4.97. The molecule has 2 N–H and O–H groups in total. The SMILES string of the molecule is CC(C)(C)SNCCN1CC2(CC(CNC(=O)c3cc(F)cc(Cl)c3)C2)C1. The van der Waals surface area contributed by atoms with Crippen LogP contribution in [-0.2, 0) is 0 Å². The summed E-state index contributed by atoms with van der Waals surface area (Å²) in [6.07, 6.45) is 2.33. The maximum Gasteiger partial charge on any atom is 0.251 e. The Morgan fingerprint density at radius 1 is 1.33 bits per heavy atom. The van der Waals surface area contributed by atoms with Gasteiger partial charge in [-0.3, -0.25) is 9.52 Å². The molecule has 1 amide bonds. The number of hydrogen-bond acceptors (Lipinski definition) is 4. The van der Waals surface area contributed by atoms with E-state index in [1.165, 1.54) is 31.3 Å². The fourth-order valence-electron chi connectivity index (χ4n) is 4.12. The summed E-state index contributed by atoms with van der Waals surface area (Å²) in [5.74, 6) is -0.218. The first kappa shape index (κ1) is 20.9. The molecule has 0 radical (unpaired) electrons. The highest BCUT2D eigenvalue weighted by molar-refractivity contribution is 7.98. The second kappa shape index (κ2) is 8.27. The van der Waals surface area contributed by atoms with Crippen LogP contribution < -0.4 is 10.0 Å². The summed E-state index contributed by atoms with van der Waals surface area (Å²) >= 11 is 7.60. The largest absolute Gasteiger partial charge is 0.352 e. The molecular weight excluding hydrogens is 385 g/mol. The number of nitrogens with one attached hydrogen (secondary N) is 2. The summed E-state index contributed by atoms with van der Waals surface area (Å²) in [5, 5.41) is 3.16. The first-order valence-corrected chi connectivity index (χ1v) is 10.7. The van der Waals surface area contributed by atoms with Gasteiger partial charge in [-0.05, 0) is 63.1 Å². The number of carbonyl (C=O) groups is 1. The van der Waals surface area contributed by atoms with Gasteiger partial charge in [-0.1, -0.05) is 23.5 Å². The Bertz CT molecular complexity index is 660. The van der Waals surface area contributed by atoms with Crippen molar-refractivity contribution in [3.63, 3.8) is 0 Å². The maximum atomic E-state index is 13.4.